The molecule has 4 rings (SSSR count). The predicted octanol–water partition coefficient (Wildman–Crippen LogP) is 7.30. The van der Waals surface area contributed by atoms with Crippen molar-refractivity contribution in [3.05, 3.63) is 11.6 Å². The molecule has 9 atom stereocenters. The van der Waals surface area contributed by atoms with Crippen molar-refractivity contribution in [3.8, 4) is 0 Å². The molecule has 0 aromatic carbocycles. The Kier molecular flexibility index (Phi) is 17.2. The molecule has 9 unspecified atom stereocenters. The average Bonchev–Trinajstić information content (AvgIpc) is 3.47. The fourth-order valence-electron chi connectivity index (χ4n) is 11.0. The summed E-state index contributed by atoms with van der Waals surface area (Å²) in [6.45, 7) is 16.6. The first-order valence-corrected chi connectivity index (χ1v) is 21.4. The number of carbonyl (C=O) groups is 2. The van der Waals surface area contributed by atoms with Crippen LogP contribution in [0.1, 0.15) is 138 Å². The van der Waals surface area contributed by atoms with Crippen LogP contribution in [-0.4, -0.2) is 75.3 Å². The van der Waals surface area contributed by atoms with Gasteiger partial charge in [0.15, 0.2) is 11.7 Å². The highest BCUT2D eigenvalue weighted by Gasteiger charge is 2.59. The predicted molar refractivity (Wildman–Crippen MR) is 218 cm³/mol. The standard InChI is InChI=1S/C43H76N6O5/c1-29(2)10-7-11-30(3)35-16-17-36-34-15-14-32-28-33(18-20-42(32,5)37(34)19-21-43(35,36)6)54-41(51)48-23-25-53-27-26-52-24-9-13-39(50)38(49-31(4)44)12-8-22-47-40(45)46/h14,29-30,33-38H,7-13,15-28H2,1-6H3,(H2,44,49)(H,48,51)(H4,45,46,47). The lowest BCUT2D eigenvalue weighted by molar-refractivity contribution is -0.120. The lowest BCUT2D eigenvalue weighted by Crippen LogP contribution is -2.51. The van der Waals surface area contributed by atoms with Crippen LogP contribution in [0.25, 0.3) is 0 Å². The number of allylic oxidation sites excluding steroid dienone is 1. The summed E-state index contributed by atoms with van der Waals surface area (Å²) in [7, 11) is 0. The van der Waals surface area contributed by atoms with Gasteiger partial charge in [-0.3, -0.25) is 14.8 Å². The molecule has 0 aromatic rings. The third kappa shape index (κ3) is 12.2. The van der Waals surface area contributed by atoms with Crippen molar-refractivity contribution >= 4 is 23.7 Å². The third-order valence-electron chi connectivity index (χ3n) is 13.8. The molecule has 4 aliphatic rings. The van der Waals surface area contributed by atoms with E-state index in [9.17, 15) is 9.59 Å². The molecule has 0 radical (unpaired) electrons. The number of guanidine groups is 1. The Morgan fingerprint density at radius 2 is 1.67 bits per heavy atom. The zero-order chi connectivity index (χ0) is 39.3. The average molecular weight is 757 g/mol. The summed E-state index contributed by atoms with van der Waals surface area (Å²) < 4.78 is 17.2. The third-order valence-corrected chi connectivity index (χ3v) is 13.8. The largest absolute Gasteiger partial charge is 0.446 e. The van der Waals surface area contributed by atoms with Gasteiger partial charge in [-0.25, -0.2) is 4.79 Å². The van der Waals surface area contributed by atoms with Crippen molar-refractivity contribution in [3.63, 3.8) is 0 Å². The fraction of sp³-hybridized carbons (Fsp3) is 0.860. The van der Waals surface area contributed by atoms with Crippen molar-refractivity contribution in [2.75, 3.05) is 39.5 Å². The number of hydrogen-bond acceptors (Lipinski definition) is 7. The molecule has 11 heteroatoms. The molecule has 0 saturated heterocycles. The molecular weight excluding hydrogens is 681 g/mol. The van der Waals surface area contributed by atoms with E-state index in [1.54, 1.807) is 12.5 Å². The van der Waals surface area contributed by atoms with E-state index in [1.807, 2.05) is 0 Å². The number of ether oxygens (including phenoxy) is 3. The Hall–Kier alpha value is -2.66. The number of alkyl carbamates (subject to hydrolysis) is 1. The molecule has 4 aliphatic carbocycles. The Balaban J connectivity index is 1.09. The van der Waals surface area contributed by atoms with Crippen molar-refractivity contribution in [2.45, 2.75) is 150 Å². The van der Waals surface area contributed by atoms with E-state index in [1.165, 1.54) is 51.4 Å². The first kappa shape index (κ1) is 44.1. The van der Waals surface area contributed by atoms with Crippen LogP contribution in [0.5, 0.6) is 0 Å². The maximum Gasteiger partial charge on any atom is 0.407 e. The molecule has 11 nitrogen and oxygen atoms in total. The quantitative estimate of drug-likeness (QED) is 0.0385. The number of amides is 1. The van der Waals surface area contributed by atoms with E-state index in [2.05, 4.69) is 56.0 Å². The number of rotatable bonds is 22. The van der Waals surface area contributed by atoms with Gasteiger partial charge in [0.2, 0.25) is 0 Å². The van der Waals surface area contributed by atoms with Crippen LogP contribution in [-0.2, 0) is 19.0 Å². The Morgan fingerprint density at radius 1 is 0.907 bits per heavy atom. The van der Waals surface area contributed by atoms with Gasteiger partial charge in [0, 0.05) is 32.5 Å². The number of Topliss-reactive ketones (excluding diaryl/α,β-unsaturated/α-hetero) is 1. The van der Waals surface area contributed by atoms with Gasteiger partial charge < -0.3 is 36.7 Å². The van der Waals surface area contributed by atoms with E-state index in [-0.39, 0.29) is 29.4 Å². The van der Waals surface area contributed by atoms with Gasteiger partial charge in [0.25, 0.3) is 0 Å². The maximum atomic E-state index is 12.7. The first-order valence-electron chi connectivity index (χ1n) is 21.4. The van der Waals surface area contributed by atoms with Gasteiger partial charge in [-0.15, -0.1) is 0 Å². The Morgan fingerprint density at radius 3 is 2.39 bits per heavy atom. The number of aliphatic imine (C=N–C) groups is 2. The number of hydrogen-bond donors (Lipinski definition) is 4. The minimum Gasteiger partial charge on any atom is -0.446 e. The van der Waals surface area contributed by atoms with Gasteiger partial charge >= 0.3 is 6.09 Å². The van der Waals surface area contributed by atoms with Crippen molar-refractivity contribution in [1.82, 2.24) is 5.32 Å². The molecule has 3 fully saturated rings. The van der Waals surface area contributed by atoms with Crippen molar-refractivity contribution < 1.29 is 23.8 Å². The smallest absolute Gasteiger partial charge is 0.407 e. The summed E-state index contributed by atoms with van der Waals surface area (Å²) in [6.07, 6.45) is 18.1. The number of amidine groups is 1. The minimum atomic E-state index is -0.492. The van der Waals surface area contributed by atoms with E-state index >= 15 is 0 Å². The molecule has 0 spiro atoms. The van der Waals surface area contributed by atoms with Crippen LogP contribution in [0, 0.1) is 46.3 Å². The number of nitrogens with two attached hydrogens (primary N) is 3. The second-order valence-electron chi connectivity index (χ2n) is 18.0. The first-order chi connectivity index (χ1) is 25.7. The summed E-state index contributed by atoms with van der Waals surface area (Å²) in [6, 6.07) is -0.492. The maximum absolute atomic E-state index is 12.7. The lowest BCUT2D eigenvalue weighted by Gasteiger charge is -2.58. The summed E-state index contributed by atoms with van der Waals surface area (Å²) in [5.74, 6) is 5.38. The van der Waals surface area contributed by atoms with Crippen LogP contribution in [0.3, 0.4) is 0 Å². The SMILES string of the molecule is CC(N)=NC(CCCN=C(N)N)C(=O)CCCOCCOCCNC(=O)OC1CCC2(C)C(=CCC3C2CCC2(C)C(C(C)CCCC(C)C)CCC32)C1. The zero-order valence-electron chi connectivity index (χ0n) is 34.7. The Bertz CT molecular complexity index is 1290. The molecule has 3 saturated carbocycles. The molecule has 0 bridgehead atoms. The molecule has 308 valence electrons. The number of fused-ring (bicyclic) bond motifs is 5. The number of nitrogens with one attached hydrogen (secondary N) is 1. The normalized spacial score (nSPS) is 30.4. The summed E-state index contributed by atoms with van der Waals surface area (Å²) >= 11 is 0. The zero-order valence-corrected chi connectivity index (χ0v) is 34.7. The van der Waals surface area contributed by atoms with Crippen LogP contribution in [0.4, 0.5) is 4.79 Å². The summed E-state index contributed by atoms with van der Waals surface area (Å²) in [4.78, 5) is 33.6. The van der Waals surface area contributed by atoms with Gasteiger partial charge in [-0.05, 0) is 117 Å². The van der Waals surface area contributed by atoms with Gasteiger partial charge in [0.05, 0.1) is 25.7 Å². The van der Waals surface area contributed by atoms with Gasteiger partial charge in [-0.1, -0.05) is 65.5 Å². The monoisotopic (exact) mass is 757 g/mol. The highest BCUT2D eigenvalue weighted by molar-refractivity contribution is 5.88. The van der Waals surface area contributed by atoms with Crippen LogP contribution >= 0.6 is 0 Å². The number of carbonyl (C=O) groups excluding carboxylic acids is 2. The second-order valence-corrected chi connectivity index (χ2v) is 18.0. The molecule has 1 amide bonds. The fourth-order valence-corrected chi connectivity index (χ4v) is 11.0. The highest BCUT2D eigenvalue weighted by atomic mass is 16.6. The molecule has 0 heterocycles. The van der Waals surface area contributed by atoms with E-state index in [0.717, 1.165) is 54.8 Å². The molecular formula is C43H76N6O5. The van der Waals surface area contributed by atoms with E-state index in [0.29, 0.717) is 76.5 Å². The minimum absolute atomic E-state index is 0.0280. The van der Waals surface area contributed by atoms with Crippen molar-refractivity contribution in [2.24, 2.45) is 73.5 Å². The Labute approximate surface area is 326 Å². The summed E-state index contributed by atoms with van der Waals surface area (Å²) in [5, 5.41) is 2.87. The van der Waals surface area contributed by atoms with Gasteiger partial charge in [-0.2, -0.15) is 0 Å². The second kappa shape index (κ2) is 21.0. The molecule has 0 aromatic heterocycles. The van der Waals surface area contributed by atoms with Crippen molar-refractivity contribution in [1.29, 1.82) is 0 Å². The highest BCUT2D eigenvalue weighted by Crippen LogP contribution is 2.67. The molecule has 0 aliphatic heterocycles. The van der Waals surface area contributed by atoms with Crippen LogP contribution in [0.2, 0.25) is 0 Å². The number of nitrogens with zero attached hydrogens (tertiary/aromatic N) is 2. The lowest BCUT2D eigenvalue weighted by atomic mass is 9.47. The van der Waals surface area contributed by atoms with Crippen LogP contribution < -0.4 is 22.5 Å². The molecule has 54 heavy (non-hydrogen) atoms. The van der Waals surface area contributed by atoms with Gasteiger partial charge in [0.1, 0.15) is 12.1 Å². The van der Waals surface area contributed by atoms with E-state index in [4.69, 9.17) is 31.4 Å². The van der Waals surface area contributed by atoms with Crippen LogP contribution in [0.15, 0.2) is 21.6 Å². The topological polar surface area (TPSA) is 177 Å². The summed E-state index contributed by atoms with van der Waals surface area (Å²) in [5.41, 5.74) is 18.7. The molecule has 7 N–H and O–H groups in total. The number of ketones is 1. The van der Waals surface area contributed by atoms with E-state index < -0.39 is 6.04 Å².